The highest BCUT2D eigenvalue weighted by Gasteiger charge is 2.41. The van der Waals surface area contributed by atoms with Gasteiger partial charge in [0.2, 0.25) is 0 Å². The number of carbonyl (C=O) groups excluding carboxylic acids is 1. The van der Waals surface area contributed by atoms with Gasteiger partial charge in [-0.15, -0.1) is 0 Å². The molecule has 0 bridgehead atoms. The average molecular weight is 475 g/mol. The second kappa shape index (κ2) is 8.31. The summed E-state index contributed by atoms with van der Waals surface area (Å²) in [5.74, 6) is -1.91. The van der Waals surface area contributed by atoms with Crippen LogP contribution in [0, 0.1) is 5.82 Å². The molecule has 34 heavy (non-hydrogen) atoms. The molecule has 0 aliphatic carbocycles. The fourth-order valence-electron chi connectivity index (χ4n) is 4.07. The molecule has 0 saturated carbocycles. The van der Waals surface area contributed by atoms with Crippen molar-refractivity contribution in [2.24, 2.45) is 0 Å². The summed E-state index contributed by atoms with van der Waals surface area (Å²) in [6, 6.07) is 24.1. The normalized spacial score (nSPS) is 14.7. The van der Waals surface area contributed by atoms with E-state index in [-0.39, 0.29) is 22.7 Å². The SMILES string of the molecule is O=C(Nc1cccc(F)c1)C1=C(O)c2ccc3ccccc3c2S(=O)(=O)N1Cc1ccccc1. The minimum absolute atomic E-state index is 0.0346. The maximum absolute atomic E-state index is 13.9. The summed E-state index contributed by atoms with van der Waals surface area (Å²) in [6.07, 6.45) is 0. The van der Waals surface area contributed by atoms with Gasteiger partial charge in [0, 0.05) is 16.6 Å². The van der Waals surface area contributed by atoms with E-state index in [9.17, 15) is 22.7 Å². The zero-order valence-electron chi connectivity index (χ0n) is 17.8. The van der Waals surface area contributed by atoms with E-state index >= 15 is 0 Å². The summed E-state index contributed by atoms with van der Waals surface area (Å²) in [4.78, 5) is 13.2. The Morgan fingerprint density at radius 1 is 0.912 bits per heavy atom. The summed E-state index contributed by atoms with van der Waals surface area (Å²) in [5, 5.41) is 14.8. The maximum atomic E-state index is 13.9. The third-order valence-electron chi connectivity index (χ3n) is 5.62. The summed E-state index contributed by atoms with van der Waals surface area (Å²) in [5.41, 5.74) is 0.355. The largest absolute Gasteiger partial charge is 0.505 e. The lowest BCUT2D eigenvalue weighted by Crippen LogP contribution is -2.39. The van der Waals surface area contributed by atoms with Gasteiger partial charge in [-0.05, 0) is 35.2 Å². The number of aliphatic hydroxyl groups excluding tert-OH is 1. The van der Waals surface area contributed by atoms with Crippen LogP contribution in [0.1, 0.15) is 11.1 Å². The number of nitrogens with one attached hydrogen (secondary N) is 1. The van der Waals surface area contributed by atoms with E-state index in [0.29, 0.717) is 16.3 Å². The van der Waals surface area contributed by atoms with Gasteiger partial charge in [0.15, 0.2) is 11.5 Å². The van der Waals surface area contributed by atoms with Crippen LogP contribution in [0.4, 0.5) is 10.1 Å². The molecule has 5 rings (SSSR count). The molecular weight excluding hydrogens is 455 g/mol. The molecule has 2 N–H and O–H groups in total. The molecule has 1 aliphatic heterocycles. The van der Waals surface area contributed by atoms with Gasteiger partial charge in [-0.1, -0.05) is 66.7 Å². The molecule has 0 unspecified atom stereocenters. The standard InChI is InChI=1S/C26H19FN2O4S/c27-19-10-6-11-20(15-19)28-26(31)23-24(30)22-14-13-18-9-4-5-12-21(18)25(22)34(32,33)29(23)16-17-7-2-1-3-8-17/h1-15,30H,16H2,(H,28,31). The van der Waals surface area contributed by atoms with Crippen LogP contribution in [-0.4, -0.2) is 23.7 Å². The predicted molar refractivity (Wildman–Crippen MR) is 128 cm³/mol. The molecule has 1 amide bonds. The van der Waals surface area contributed by atoms with Crippen molar-refractivity contribution in [2.45, 2.75) is 11.4 Å². The first-order chi connectivity index (χ1) is 16.4. The summed E-state index contributed by atoms with van der Waals surface area (Å²) < 4.78 is 42.4. The van der Waals surface area contributed by atoms with Crippen LogP contribution in [0.5, 0.6) is 0 Å². The molecular formula is C26H19FN2O4S. The van der Waals surface area contributed by atoms with Crippen molar-refractivity contribution in [3.63, 3.8) is 0 Å². The van der Waals surface area contributed by atoms with E-state index in [4.69, 9.17) is 0 Å². The molecule has 0 radical (unpaired) electrons. The molecule has 0 atom stereocenters. The Hall–Kier alpha value is -4.17. The highest BCUT2D eigenvalue weighted by molar-refractivity contribution is 7.89. The summed E-state index contributed by atoms with van der Waals surface area (Å²) in [7, 11) is -4.25. The predicted octanol–water partition coefficient (Wildman–Crippen LogP) is 5.05. The monoisotopic (exact) mass is 474 g/mol. The molecule has 4 aromatic carbocycles. The number of halogens is 1. The summed E-state index contributed by atoms with van der Waals surface area (Å²) >= 11 is 0. The smallest absolute Gasteiger partial charge is 0.276 e. The van der Waals surface area contributed by atoms with Crippen molar-refractivity contribution in [2.75, 3.05) is 5.32 Å². The number of anilines is 1. The molecule has 0 spiro atoms. The van der Waals surface area contributed by atoms with Gasteiger partial charge in [-0.25, -0.2) is 12.8 Å². The lowest BCUT2D eigenvalue weighted by molar-refractivity contribution is -0.113. The number of nitrogens with zero attached hydrogens (tertiary/aromatic N) is 1. The van der Waals surface area contributed by atoms with Crippen LogP contribution < -0.4 is 5.32 Å². The number of sulfonamides is 1. The fraction of sp³-hybridized carbons (Fsp3) is 0.0385. The van der Waals surface area contributed by atoms with Crippen LogP contribution >= 0.6 is 0 Å². The van der Waals surface area contributed by atoms with Gasteiger partial charge in [0.1, 0.15) is 10.7 Å². The Morgan fingerprint density at radius 3 is 2.41 bits per heavy atom. The first kappa shape index (κ1) is 21.7. The first-order valence-corrected chi connectivity index (χ1v) is 11.9. The molecule has 1 heterocycles. The minimum Gasteiger partial charge on any atom is -0.505 e. The maximum Gasteiger partial charge on any atom is 0.276 e. The Bertz CT molecular complexity index is 1570. The second-order valence-corrected chi connectivity index (χ2v) is 9.62. The number of amides is 1. The Labute approximate surface area is 195 Å². The Balaban J connectivity index is 1.71. The zero-order valence-corrected chi connectivity index (χ0v) is 18.6. The average Bonchev–Trinajstić information content (AvgIpc) is 2.82. The number of benzene rings is 4. The number of hydrogen-bond donors (Lipinski definition) is 2. The van der Waals surface area contributed by atoms with E-state index < -0.39 is 33.2 Å². The highest BCUT2D eigenvalue weighted by Crippen LogP contribution is 2.40. The second-order valence-electron chi connectivity index (χ2n) is 7.82. The van der Waals surface area contributed by atoms with Crippen molar-refractivity contribution in [1.82, 2.24) is 4.31 Å². The van der Waals surface area contributed by atoms with Crippen molar-refractivity contribution < 1.29 is 22.7 Å². The van der Waals surface area contributed by atoms with E-state index in [0.717, 1.165) is 10.4 Å². The fourth-order valence-corrected chi connectivity index (χ4v) is 5.93. The lowest BCUT2D eigenvalue weighted by atomic mass is 10.0. The van der Waals surface area contributed by atoms with Crippen LogP contribution in [0.2, 0.25) is 0 Å². The van der Waals surface area contributed by atoms with E-state index in [2.05, 4.69) is 5.32 Å². The van der Waals surface area contributed by atoms with E-state index in [1.54, 1.807) is 60.7 Å². The van der Waals surface area contributed by atoms with Crippen LogP contribution in [0.15, 0.2) is 102 Å². The third kappa shape index (κ3) is 3.68. The molecule has 4 aromatic rings. The van der Waals surface area contributed by atoms with Gasteiger partial charge >= 0.3 is 0 Å². The van der Waals surface area contributed by atoms with Gasteiger partial charge in [0.25, 0.3) is 15.9 Å². The van der Waals surface area contributed by atoms with Crippen molar-refractivity contribution in [1.29, 1.82) is 0 Å². The van der Waals surface area contributed by atoms with Gasteiger partial charge in [0.05, 0.1) is 6.54 Å². The number of rotatable bonds is 4. The molecule has 6 nitrogen and oxygen atoms in total. The Kier molecular flexibility index (Phi) is 5.30. The lowest BCUT2D eigenvalue weighted by Gasteiger charge is -2.32. The molecule has 0 saturated heterocycles. The topological polar surface area (TPSA) is 86.7 Å². The first-order valence-electron chi connectivity index (χ1n) is 10.5. The number of carbonyl (C=O) groups is 1. The van der Waals surface area contributed by atoms with Gasteiger partial charge < -0.3 is 10.4 Å². The molecule has 170 valence electrons. The minimum atomic E-state index is -4.25. The quantitative estimate of drug-likeness (QED) is 0.433. The molecule has 0 aromatic heterocycles. The van der Waals surface area contributed by atoms with Crippen molar-refractivity contribution >= 4 is 38.1 Å². The molecule has 1 aliphatic rings. The van der Waals surface area contributed by atoms with Crippen LogP contribution in [0.25, 0.3) is 16.5 Å². The molecule has 8 heteroatoms. The number of aliphatic hydroxyl groups is 1. The molecule has 0 fully saturated rings. The van der Waals surface area contributed by atoms with Crippen molar-refractivity contribution in [3.8, 4) is 0 Å². The third-order valence-corrected chi connectivity index (χ3v) is 7.47. The van der Waals surface area contributed by atoms with E-state index in [1.807, 2.05) is 0 Å². The van der Waals surface area contributed by atoms with Crippen LogP contribution in [-0.2, 0) is 21.4 Å². The van der Waals surface area contributed by atoms with Gasteiger partial charge in [-0.2, -0.15) is 0 Å². The highest BCUT2D eigenvalue weighted by atomic mass is 32.2. The zero-order chi connectivity index (χ0) is 23.9. The van der Waals surface area contributed by atoms with Crippen LogP contribution in [0.3, 0.4) is 0 Å². The summed E-state index contributed by atoms with van der Waals surface area (Å²) in [6.45, 7) is -0.179. The van der Waals surface area contributed by atoms with E-state index in [1.165, 1.54) is 24.3 Å². The number of hydrogen-bond acceptors (Lipinski definition) is 4. The van der Waals surface area contributed by atoms with Crippen molar-refractivity contribution in [3.05, 3.63) is 114 Å². The number of fused-ring (bicyclic) bond motifs is 3. The Morgan fingerprint density at radius 2 is 1.65 bits per heavy atom. The van der Waals surface area contributed by atoms with Gasteiger partial charge in [-0.3, -0.25) is 9.10 Å².